The lowest BCUT2D eigenvalue weighted by Crippen LogP contribution is -2.21. The second-order valence-electron chi connectivity index (χ2n) is 8.36. The van der Waals surface area contributed by atoms with Gasteiger partial charge in [0.1, 0.15) is 5.82 Å². The normalized spacial score (nSPS) is 17.9. The monoisotopic (exact) mass is 372 g/mol. The third-order valence-corrected chi connectivity index (χ3v) is 5.39. The summed E-state index contributed by atoms with van der Waals surface area (Å²) in [6.07, 6.45) is 8.98. The number of rotatable bonds is 1. The first-order chi connectivity index (χ1) is 12.8. The molecule has 0 bridgehead atoms. The highest BCUT2D eigenvalue weighted by Gasteiger charge is 2.29. The molecule has 2 aliphatic carbocycles. The Kier molecular flexibility index (Phi) is 7.17. The summed E-state index contributed by atoms with van der Waals surface area (Å²) in [5, 5.41) is 7.43. The fourth-order valence-electron chi connectivity index (χ4n) is 3.87. The molecule has 0 aliphatic heterocycles. The number of nitrogens with one attached hydrogen (secondary N) is 1. The smallest absolute Gasteiger partial charge is 0.215 e. The Morgan fingerprint density at radius 1 is 1.22 bits per heavy atom. The minimum Gasteiger partial charge on any atom is -0.384 e. The summed E-state index contributed by atoms with van der Waals surface area (Å²) in [6.45, 7) is 12.8. The molecule has 4 nitrogen and oxygen atoms in total. The molecule has 0 atom stereocenters. The van der Waals surface area contributed by atoms with E-state index in [4.69, 9.17) is 5.73 Å². The highest BCUT2D eigenvalue weighted by molar-refractivity contribution is 5.66. The number of hydrogen-bond acceptors (Lipinski definition) is 3. The predicted octanol–water partition coefficient (Wildman–Crippen LogP) is 5.71. The molecule has 148 valence electrons. The maximum atomic E-state index is 13.3. The molecule has 0 aromatic carbocycles. The van der Waals surface area contributed by atoms with Gasteiger partial charge in [-0.25, -0.2) is 4.98 Å². The topological polar surface area (TPSA) is 67.6 Å². The Labute approximate surface area is 162 Å². The SMILES string of the molecule is C=C.CC1(C)CCc2c(-c3cc(N)nc(F)c3)n[nH]c2C1.CC1CCCC1. The lowest BCUT2D eigenvalue weighted by Gasteiger charge is -2.29. The first-order valence-corrected chi connectivity index (χ1v) is 9.83. The number of nitrogen functional groups attached to an aromatic ring is 1. The van der Waals surface area contributed by atoms with Crippen molar-refractivity contribution in [3.8, 4) is 11.3 Å². The summed E-state index contributed by atoms with van der Waals surface area (Å²) in [5.74, 6) is 0.663. The van der Waals surface area contributed by atoms with Crippen LogP contribution in [-0.4, -0.2) is 15.2 Å². The maximum absolute atomic E-state index is 13.3. The van der Waals surface area contributed by atoms with Crippen LogP contribution in [0.2, 0.25) is 0 Å². The van der Waals surface area contributed by atoms with E-state index in [9.17, 15) is 4.39 Å². The van der Waals surface area contributed by atoms with E-state index >= 15 is 0 Å². The van der Waals surface area contributed by atoms with Crippen LogP contribution in [0.25, 0.3) is 11.3 Å². The van der Waals surface area contributed by atoms with Crippen LogP contribution in [0.15, 0.2) is 25.3 Å². The van der Waals surface area contributed by atoms with E-state index < -0.39 is 5.95 Å². The first kappa shape index (κ1) is 21.1. The first-order valence-electron chi connectivity index (χ1n) is 9.83. The standard InChI is InChI=1S/C14H17FN4.C6H12.C2H4/c1-14(2)4-3-9-10(7-14)18-19-13(9)8-5-11(15)17-12(16)6-8;1-6-4-2-3-5-6;1-2/h5-6H,3-4,7H2,1-2H3,(H2,16,17)(H,18,19);6H,2-5H2,1H3;1-2H2. The lowest BCUT2D eigenvalue weighted by atomic mass is 9.76. The molecule has 2 aliphatic rings. The van der Waals surface area contributed by atoms with Gasteiger partial charge in [0.2, 0.25) is 5.95 Å². The van der Waals surface area contributed by atoms with Crippen molar-refractivity contribution < 1.29 is 4.39 Å². The van der Waals surface area contributed by atoms with Crippen LogP contribution in [0.3, 0.4) is 0 Å². The Bertz CT molecular complexity index is 725. The number of aromatic amines is 1. The quantitative estimate of drug-likeness (QED) is 0.498. The van der Waals surface area contributed by atoms with Gasteiger partial charge in [-0.05, 0) is 36.7 Å². The van der Waals surface area contributed by atoms with Gasteiger partial charge in [0.05, 0.1) is 5.69 Å². The summed E-state index contributed by atoms with van der Waals surface area (Å²) < 4.78 is 13.3. The predicted molar refractivity (Wildman–Crippen MR) is 111 cm³/mol. The van der Waals surface area contributed by atoms with Gasteiger partial charge in [0.15, 0.2) is 0 Å². The molecule has 5 heteroatoms. The van der Waals surface area contributed by atoms with Crippen molar-refractivity contribution >= 4 is 5.82 Å². The molecule has 27 heavy (non-hydrogen) atoms. The van der Waals surface area contributed by atoms with Gasteiger partial charge >= 0.3 is 0 Å². The Hall–Kier alpha value is -2.17. The van der Waals surface area contributed by atoms with Gasteiger partial charge in [-0.15, -0.1) is 13.2 Å². The third-order valence-electron chi connectivity index (χ3n) is 5.39. The van der Waals surface area contributed by atoms with Crippen LogP contribution >= 0.6 is 0 Å². The molecular formula is C22H33FN4. The van der Waals surface area contributed by atoms with E-state index in [1.165, 1.54) is 37.3 Å². The van der Waals surface area contributed by atoms with Gasteiger partial charge in [-0.2, -0.15) is 9.49 Å². The summed E-state index contributed by atoms with van der Waals surface area (Å²) in [4.78, 5) is 3.55. The number of halogens is 1. The molecule has 0 amide bonds. The summed E-state index contributed by atoms with van der Waals surface area (Å²) in [5.41, 5.74) is 9.73. The van der Waals surface area contributed by atoms with E-state index in [1.54, 1.807) is 6.07 Å². The number of nitrogens with two attached hydrogens (primary N) is 1. The lowest BCUT2D eigenvalue weighted by molar-refractivity contribution is 0.312. The number of anilines is 1. The van der Waals surface area contributed by atoms with E-state index in [0.717, 1.165) is 36.6 Å². The van der Waals surface area contributed by atoms with Crippen LogP contribution in [0, 0.1) is 17.3 Å². The van der Waals surface area contributed by atoms with Crippen molar-refractivity contribution in [1.29, 1.82) is 0 Å². The van der Waals surface area contributed by atoms with Crippen molar-refractivity contribution in [3.63, 3.8) is 0 Å². The molecule has 1 fully saturated rings. The van der Waals surface area contributed by atoms with Crippen LogP contribution in [0.4, 0.5) is 10.2 Å². The molecule has 0 unspecified atom stereocenters. The van der Waals surface area contributed by atoms with Crippen LogP contribution in [0.1, 0.15) is 64.1 Å². The Morgan fingerprint density at radius 2 is 1.89 bits per heavy atom. The highest BCUT2D eigenvalue weighted by Crippen LogP contribution is 2.37. The molecular weight excluding hydrogens is 339 g/mol. The molecule has 0 radical (unpaired) electrons. The average Bonchev–Trinajstić information content (AvgIpc) is 3.24. The molecule has 0 saturated heterocycles. The third kappa shape index (κ3) is 5.65. The molecule has 2 heterocycles. The van der Waals surface area contributed by atoms with Crippen LogP contribution < -0.4 is 5.73 Å². The zero-order chi connectivity index (χ0) is 20.0. The number of H-pyrrole nitrogens is 1. The number of fused-ring (bicyclic) bond motifs is 1. The van der Waals surface area contributed by atoms with Crippen molar-refractivity contribution in [2.24, 2.45) is 11.3 Å². The van der Waals surface area contributed by atoms with E-state index in [0.29, 0.717) is 11.0 Å². The zero-order valence-corrected chi connectivity index (χ0v) is 16.9. The molecule has 2 aromatic rings. The minimum atomic E-state index is -0.567. The van der Waals surface area contributed by atoms with Crippen molar-refractivity contribution in [3.05, 3.63) is 42.5 Å². The summed E-state index contributed by atoms with van der Waals surface area (Å²) >= 11 is 0. The largest absolute Gasteiger partial charge is 0.384 e. The number of nitrogens with zero attached hydrogens (tertiary/aromatic N) is 2. The van der Waals surface area contributed by atoms with Gasteiger partial charge in [-0.1, -0.05) is 46.5 Å². The maximum Gasteiger partial charge on any atom is 0.215 e. The Morgan fingerprint density at radius 3 is 2.44 bits per heavy atom. The fraction of sp³-hybridized carbons (Fsp3) is 0.545. The van der Waals surface area contributed by atoms with Crippen LogP contribution in [-0.2, 0) is 12.8 Å². The van der Waals surface area contributed by atoms with Gasteiger partial charge in [0.25, 0.3) is 0 Å². The second-order valence-corrected chi connectivity index (χ2v) is 8.36. The minimum absolute atomic E-state index is 0.183. The number of pyridine rings is 1. The van der Waals surface area contributed by atoms with Crippen molar-refractivity contribution in [1.82, 2.24) is 15.2 Å². The number of aromatic nitrogens is 3. The van der Waals surface area contributed by atoms with Crippen LogP contribution in [0.5, 0.6) is 0 Å². The van der Waals surface area contributed by atoms with E-state index in [2.05, 4.69) is 49.1 Å². The van der Waals surface area contributed by atoms with Gasteiger partial charge < -0.3 is 5.73 Å². The second kappa shape index (κ2) is 9.16. The molecule has 3 N–H and O–H groups in total. The Balaban J connectivity index is 0.000000275. The van der Waals surface area contributed by atoms with Gasteiger partial charge in [0, 0.05) is 22.9 Å². The zero-order valence-electron chi connectivity index (χ0n) is 16.9. The van der Waals surface area contributed by atoms with Crippen molar-refractivity contribution in [2.75, 3.05) is 5.73 Å². The molecule has 1 saturated carbocycles. The fourth-order valence-corrected chi connectivity index (χ4v) is 3.87. The summed E-state index contributed by atoms with van der Waals surface area (Å²) in [7, 11) is 0. The summed E-state index contributed by atoms with van der Waals surface area (Å²) in [6, 6.07) is 3.05. The van der Waals surface area contributed by atoms with Gasteiger partial charge in [-0.3, -0.25) is 5.10 Å². The molecule has 4 rings (SSSR count). The number of hydrogen-bond donors (Lipinski definition) is 2. The van der Waals surface area contributed by atoms with E-state index in [1.807, 2.05) is 0 Å². The average molecular weight is 373 g/mol. The molecule has 2 aromatic heterocycles. The molecule has 0 spiro atoms. The van der Waals surface area contributed by atoms with E-state index in [-0.39, 0.29) is 5.82 Å². The highest BCUT2D eigenvalue weighted by atomic mass is 19.1. The van der Waals surface area contributed by atoms with Crippen molar-refractivity contribution in [2.45, 2.75) is 65.7 Å².